The molecule has 0 saturated carbocycles. The molecule has 1 aromatic rings. The van der Waals surface area contributed by atoms with Crippen LogP contribution in [-0.2, 0) is 9.84 Å². The molecule has 1 aromatic carbocycles. The molecule has 4 nitrogen and oxygen atoms in total. The van der Waals surface area contributed by atoms with E-state index in [0.717, 1.165) is 11.2 Å². The molecule has 0 amide bonds. The lowest BCUT2D eigenvalue weighted by atomic mass is 10.2. The van der Waals surface area contributed by atoms with Gasteiger partial charge in [-0.1, -0.05) is 12.1 Å². The maximum atomic E-state index is 12.5. The first kappa shape index (κ1) is 15.8. The molecule has 0 radical (unpaired) electrons. The molecular formula is C11H15F3N2O2S. The van der Waals surface area contributed by atoms with Crippen molar-refractivity contribution >= 4 is 15.5 Å². The van der Waals surface area contributed by atoms with Crippen molar-refractivity contribution in [2.75, 3.05) is 30.8 Å². The van der Waals surface area contributed by atoms with Crippen molar-refractivity contribution in [3.63, 3.8) is 0 Å². The summed E-state index contributed by atoms with van der Waals surface area (Å²) in [5.41, 5.74) is 5.31. The van der Waals surface area contributed by atoms with Gasteiger partial charge in [0.15, 0.2) is 9.84 Å². The zero-order chi connectivity index (χ0) is 14.7. The van der Waals surface area contributed by atoms with Gasteiger partial charge in [0.2, 0.25) is 0 Å². The SMILES string of the molecule is CS(=O)(=O)c1ccccc1N(CCN)CC(F)(F)F. The van der Waals surface area contributed by atoms with Crippen LogP contribution in [0.3, 0.4) is 0 Å². The summed E-state index contributed by atoms with van der Waals surface area (Å²) in [5, 5.41) is 0. The number of hydrogen-bond donors (Lipinski definition) is 1. The minimum Gasteiger partial charge on any atom is -0.360 e. The summed E-state index contributed by atoms with van der Waals surface area (Å²) in [6.07, 6.45) is -3.47. The van der Waals surface area contributed by atoms with Crippen molar-refractivity contribution < 1.29 is 21.6 Å². The maximum Gasteiger partial charge on any atom is 0.405 e. The van der Waals surface area contributed by atoms with Crippen LogP contribution in [0.25, 0.3) is 0 Å². The van der Waals surface area contributed by atoms with Gasteiger partial charge in [0.1, 0.15) is 6.54 Å². The fraction of sp³-hybridized carbons (Fsp3) is 0.455. The molecule has 0 heterocycles. The summed E-state index contributed by atoms with van der Waals surface area (Å²) >= 11 is 0. The molecule has 0 bridgehead atoms. The number of nitrogens with zero attached hydrogens (tertiary/aromatic N) is 1. The van der Waals surface area contributed by atoms with Crippen molar-refractivity contribution in [3.8, 4) is 0 Å². The molecule has 0 fully saturated rings. The van der Waals surface area contributed by atoms with Crippen molar-refractivity contribution in [1.82, 2.24) is 0 Å². The predicted molar refractivity (Wildman–Crippen MR) is 66.9 cm³/mol. The molecule has 0 saturated heterocycles. The van der Waals surface area contributed by atoms with E-state index in [1.165, 1.54) is 24.3 Å². The molecule has 1 rings (SSSR count). The lowest BCUT2D eigenvalue weighted by Gasteiger charge is -2.27. The average Bonchev–Trinajstić information content (AvgIpc) is 2.25. The van der Waals surface area contributed by atoms with Crippen LogP contribution in [0.15, 0.2) is 29.2 Å². The van der Waals surface area contributed by atoms with Crippen molar-refractivity contribution in [2.24, 2.45) is 5.73 Å². The average molecular weight is 296 g/mol. The first-order valence-corrected chi connectivity index (χ1v) is 7.35. The zero-order valence-electron chi connectivity index (χ0n) is 10.3. The van der Waals surface area contributed by atoms with Gasteiger partial charge in [-0.05, 0) is 12.1 Å². The minimum atomic E-state index is -4.43. The van der Waals surface area contributed by atoms with Gasteiger partial charge in [-0.3, -0.25) is 0 Å². The second-order valence-corrected chi connectivity index (χ2v) is 6.05. The van der Waals surface area contributed by atoms with E-state index in [2.05, 4.69) is 0 Å². The first-order chi connectivity index (χ1) is 8.65. The number of hydrogen-bond acceptors (Lipinski definition) is 4. The number of sulfone groups is 1. The number of para-hydroxylation sites is 1. The van der Waals surface area contributed by atoms with E-state index >= 15 is 0 Å². The molecule has 19 heavy (non-hydrogen) atoms. The van der Waals surface area contributed by atoms with Crippen molar-refractivity contribution in [3.05, 3.63) is 24.3 Å². The van der Waals surface area contributed by atoms with Crippen LogP contribution < -0.4 is 10.6 Å². The molecule has 0 atom stereocenters. The number of alkyl halides is 3. The summed E-state index contributed by atoms with van der Waals surface area (Å²) in [7, 11) is -3.60. The Balaban J connectivity index is 3.23. The summed E-state index contributed by atoms with van der Waals surface area (Å²) in [4.78, 5) is 0.795. The first-order valence-electron chi connectivity index (χ1n) is 5.46. The van der Waals surface area contributed by atoms with E-state index in [1.54, 1.807) is 0 Å². The summed E-state index contributed by atoms with van der Waals surface area (Å²) in [5.74, 6) is 0. The molecule has 0 aromatic heterocycles. The Hall–Kier alpha value is -1.28. The molecular weight excluding hydrogens is 281 g/mol. The molecule has 2 N–H and O–H groups in total. The Morgan fingerprint density at radius 3 is 2.32 bits per heavy atom. The summed E-state index contributed by atoms with van der Waals surface area (Å²) in [6.45, 7) is -1.32. The van der Waals surface area contributed by atoms with Crippen molar-refractivity contribution in [2.45, 2.75) is 11.1 Å². The van der Waals surface area contributed by atoms with Gasteiger partial charge in [0.25, 0.3) is 0 Å². The van der Waals surface area contributed by atoms with Gasteiger partial charge < -0.3 is 10.6 Å². The van der Waals surface area contributed by atoms with Gasteiger partial charge in [-0.25, -0.2) is 8.42 Å². The minimum absolute atomic E-state index is 0.00578. The highest BCUT2D eigenvalue weighted by molar-refractivity contribution is 7.90. The van der Waals surface area contributed by atoms with E-state index < -0.39 is 22.6 Å². The molecule has 0 aliphatic rings. The Morgan fingerprint density at radius 1 is 1.26 bits per heavy atom. The normalized spacial score (nSPS) is 12.5. The van der Waals surface area contributed by atoms with Crippen LogP contribution in [-0.4, -0.2) is 40.5 Å². The van der Waals surface area contributed by atoms with E-state index in [0.29, 0.717) is 0 Å². The van der Waals surface area contributed by atoms with Crippen LogP contribution in [0, 0.1) is 0 Å². The van der Waals surface area contributed by atoms with Gasteiger partial charge in [0.05, 0.1) is 10.6 Å². The highest BCUT2D eigenvalue weighted by Crippen LogP contribution is 2.27. The van der Waals surface area contributed by atoms with E-state index in [1.807, 2.05) is 0 Å². The number of rotatable bonds is 5. The Morgan fingerprint density at radius 2 is 1.84 bits per heavy atom. The van der Waals surface area contributed by atoms with E-state index in [4.69, 9.17) is 5.73 Å². The van der Waals surface area contributed by atoms with Gasteiger partial charge in [0, 0.05) is 19.3 Å². The lowest BCUT2D eigenvalue weighted by molar-refractivity contribution is -0.119. The third kappa shape index (κ3) is 4.71. The number of halogens is 3. The van der Waals surface area contributed by atoms with Crippen molar-refractivity contribution in [1.29, 1.82) is 0 Å². The smallest absolute Gasteiger partial charge is 0.360 e. The molecule has 0 aliphatic heterocycles. The number of anilines is 1. The fourth-order valence-corrected chi connectivity index (χ4v) is 2.59. The van der Waals surface area contributed by atoms with Crippen LogP contribution in [0.5, 0.6) is 0 Å². The Kier molecular flexibility index (Phi) is 4.81. The third-order valence-electron chi connectivity index (χ3n) is 2.37. The summed E-state index contributed by atoms with van der Waals surface area (Å²) in [6, 6.07) is 5.58. The molecule has 8 heteroatoms. The monoisotopic (exact) mass is 296 g/mol. The molecule has 108 valence electrons. The Bertz CT molecular complexity index is 529. The largest absolute Gasteiger partial charge is 0.405 e. The topological polar surface area (TPSA) is 63.4 Å². The third-order valence-corrected chi connectivity index (χ3v) is 3.52. The predicted octanol–water partition coefficient (Wildman–Crippen LogP) is 1.42. The quantitative estimate of drug-likeness (QED) is 0.892. The fourth-order valence-electron chi connectivity index (χ4n) is 1.69. The van der Waals surface area contributed by atoms with Gasteiger partial charge in [-0.2, -0.15) is 13.2 Å². The standard InChI is InChI=1S/C11H15F3N2O2S/c1-19(17,18)10-5-3-2-4-9(10)16(7-6-15)8-11(12,13)14/h2-5H,6-8,15H2,1H3. The van der Waals surface area contributed by atoms with Crippen LogP contribution >= 0.6 is 0 Å². The van der Waals surface area contributed by atoms with Crippen LogP contribution in [0.4, 0.5) is 18.9 Å². The number of nitrogens with two attached hydrogens (primary N) is 1. The molecule has 0 unspecified atom stereocenters. The molecule has 0 aliphatic carbocycles. The lowest BCUT2D eigenvalue weighted by Crippen LogP contribution is -2.38. The zero-order valence-corrected chi connectivity index (χ0v) is 11.1. The van der Waals surface area contributed by atoms with Crippen LogP contribution in [0.2, 0.25) is 0 Å². The number of benzene rings is 1. The molecule has 0 spiro atoms. The Labute approximate surface area is 109 Å². The van der Waals surface area contributed by atoms with Crippen LogP contribution in [0.1, 0.15) is 0 Å². The van der Waals surface area contributed by atoms with E-state index in [-0.39, 0.29) is 23.7 Å². The second-order valence-electron chi connectivity index (χ2n) is 4.07. The van der Waals surface area contributed by atoms with Gasteiger partial charge >= 0.3 is 6.18 Å². The second kappa shape index (κ2) is 5.79. The maximum absolute atomic E-state index is 12.5. The van der Waals surface area contributed by atoms with E-state index in [9.17, 15) is 21.6 Å². The summed E-state index contributed by atoms with van der Waals surface area (Å²) < 4.78 is 60.7. The highest BCUT2D eigenvalue weighted by Gasteiger charge is 2.32. The highest BCUT2D eigenvalue weighted by atomic mass is 32.2. The van der Waals surface area contributed by atoms with Gasteiger partial charge in [-0.15, -0.1) is 0 Å².